The van der Waals surface area contributed by atoms with E-state index in [0.29, 0.717) is 12.1 Å². The number of aliphatic carboxylic acids is 1. The van der Waals surface area contributed by atoms with E-state index >= 15 is 0 Å². The van der Waals surface area contributed by atoms with Gasteiger partial charge in [0.2, 0.25) is 0 Å². The second kappa shape index (κ2) is 4.63. The van der Waals surface area contributed by atoms with E-state index in [9.17, 15) is 33.2 Å². The number of carbonyl (C=O) groups excluding carboxylic acids is 1. The lowest BCUT2D eigenvalue weighted by molar-refractivity contribution is -0.386. The molecule has 98 valence electrons. The Morgan fingerprint density at radius 3 is 2.33 bits per heavy atom. The Balaban J connectivity index is 3.39. The van der Waals surface area contributed by atoms with Crippen molar-refractivity contribution in [3.63, 3.8) is 0 Å². The molecular weight excluding hydrogens is 255 g/mol. The van der Waals surface area contributed by atoms with Gasteiger partial charge in [0.1, 0.15) is 0 Å². The number of benzene rings is 1. The van der Waals surface area contributed by atoms with Gasteiger partial charge < -0.3 is 9.90 Å². The van der Waals surface area contributed by atoms with Gasteiger partial charge in [0.25, 0.3) is 5.69 Å². The van der Waals surface area contributed by atoms with E-state index in [1.807, 2.05) is 0 Å². The van der Waals surface area contributed by atoms with Gasteiger partial charge in [-0.05, 0) is 6.07 Å². The number of nitrogens with zero attached hydrogens (tertiary/aromatic N) is 1. The number of rotatable bonds is 3. The van der Waals surface area contributed by atoms with Crippen LogP contribution in [0.4, 0.5) is 18.9 Å². The van der Waals surface area contributed by atoms with Crippen molar-refractivity contribution in [2.45, 2.75) is 19.0 Å². The summed E-state index contributed by atoms with van der Waals surface area (Å²) in [4.78, 5) is 20.2. The molecule has 5 nitrogen and oxygen atoms in total. The lowest BCUT2D eigenvalue weighted by Gasteiger charge is -2.14. The lowest BCUT2D eigenvalue weighted by Crippen LogP contribution is -2.28. The summed E-state index contributed by atoms with van der Waals surface area (Å²) in [6.45, 7) is 1.10. The van der Waals surface area contributed by atoms with Crippen molar-refractivity contribution < 1.29 is 28.0 Å². The number of alkyl halides is 3. The predicted octanol–water partition coefficient (Wildman–Crippen LogP) is 1.47. The third kappa shape index (κ3) is 2.76. The zero-order valence-electron chi connectivity index (χ0n) is 9.02. The number of nitro benzene ring substituents is 1. The first kappa shape index (κ1) is 13.9. The molecule has 0 aliphatic carbocycles. The fourth-order valence-electron chi connectivity index (χ4n) is 1.37. The van der Waals surface area contributed by atoms with Crippen molar-refractivity contribution in [1.82, 2.24) is 0 Å². The molecule has 0 aromatic heterocycles. The maximum atomic E-state index is 12.4. The van der Waals surface area contributed by atoms with Gasteiger partial charge in [-0.3, -0.25) is 10.1 Å². The van der Waals surface area contributed by atoms with Crippen molar-refractivity contribution in [2.24, 2.45) is 0 Å². The average molecular weight is 262 g/mol. The molecule has 8 heteroatoms. The van der Waals surface area contributed by atoms with Crippen LogP contribution in [-0.4, -0.2) is 10.9 Å². The number of hydrogen-bond acceptors (Lipinski definition) is 4. The second-order valence-corrected chi connectivity index (χ2v) is 3.57. The molecule has 0 saturated heterocycles. The van der Waals surface area contributed by atoms with Gasteiger partial charge in [-0.1, -0.05) is 13.0 Å². The van der Waals surface area contributed by atoms with E-state index in [0.717, 1.165) is 13.0 Å². The Hall–Kier alpha value is -2.12. The van der Waals surface area contributed by atoms with E-state index in [1.54, 1.807) is 0 Å². The lowest BCUT2D eigenvalue weighted by atomic mass is 9.97. The Morgan fingerprint density at radius 2 is 1.94 bits per heavy atom. The molecule has 0 aliphatic rings. The fraction of sp³-hybridized carbons (Fsp3) is 0.300. The van der Waals surface area contributed by atoms with Crippen molar-refractivity contribution in [3.05, 3.63) is 39.4 Å². The molecule has 18 heavy (non-hydrogen) atoms. The molecule has 0 spiro atoms. The number of carboxylic acid groups (broad SMARTS) is 1. The van der Waals surface area contributed by atoms with Crippen LogP contribution in [0.3, 0.4) is 0 Å². The molecule has 0 amide bonds. The zero-order valence-corrected chi connectivity index (χ0v) is 9.02. The zero-order chi connectivity index (χ0) is 14.1. The van der Waals surface area contributed by atoms with Gasteiger partial charge >= 0.3 is 6.18 Å². The van der Waals surface area contributed by atoms with Gasteiger partial charge in [-0.2, -0.15) is 13.2 Å². The standard InChI is InChI=1S/C10H8F3NO4/c1-5(9(15)16)7-3-2-6(10(11,12)13)4-8(7)14(17)18/h2-5H,1H3,(H,15,16)/p-1. The molecule has 1 aromatic carbocycles. The molecule has 0 aliphatic heterocycles. The molecular formula is C10H7F3NO4-. The minimum absolute atomic E-state index is 0.314. The highest BCUT2D eigenvalue weighted by molar-refractivity contribution is 5.75. The van der Waals surface area contributed by atoms with Crippen molar-refractivity contribution in [3.8, 4) is 0 Å². The summed E-state index contributed by atoms with van der Waals surface area (Å²) < 4.78 is 37.1. The Kier molecular flexibility index (Phi) is 3.59. The highest BCUT2D eigenvalue weighted by Crippen LogP contribution is 2.35. The van der Waals surface area contributed by atoms with Crippen LogP contribution in [0.25, 0.3) is 0 Å². The maximum Gasteiger partial charge on any atom is 0.416 e. The molecule has 1 rings (SSSR count). The quantitative estimate of drug-likeness (QED) is 0.610. The molecule has 0 heterocycles. The molecule has 0 saturated carbocycles. The van der Waals surface area contributed by atoms with Gasteiger partial charge in [0, 0.05) is 23.5 Å². The minimum Gasteiger partial charge on any atom is -0.550 e. The monoisotopic (exact) mass is 262 g/mol. The van der Waals surface area contributed by atoms with Crippen LogP contribution in [0.1, 0.15) is 24.0 Å². The first-order valence-electron chi connectivity index (χ1n) is 4.71. The molecule has 1 unspecified atom stereocenters. The van der Waals surface area contributed by atoms with Crippen LogP contribution >= 0.6 is 0 Å². The van der Waals surface area contributed by atoms with Crippen molar-refractivity contribution in [2.75, 3.05) is 0 Å². The molecule has 0 bridgehead atoms. The largest absolute Gasteiger partial charge is 0.550 e. The van der Waals surface area contributed by atoms with Gasteiger partial charge in [0.05, 0.1) is 10.5 Å². The average Bonchev–Trinajstić information content (AvgIpc) is 2.25. The summed E-state index contributed by atoms with van der Waals surface area (Å²) in [6, 6.07) is 1.69. The summed E-state index contributed by atoms with van der Waals surface area (Å²) in [6.07, 6.45) is -4.73. The highest BCUT2D eigenvalue weighted by Gasteiger charge is 2.33. The van der Waals surface area contributed by atoms with Gasteiger partial charge in [-0.15, -0.1) is 0 Å². The summed E-state index contributed by atoms with van der Waals surface area (Å²) >= 11 is 0. The second-order valence-electron chi connectivity index (χ2n) is 3.57. The van der Waals surface area contributed by atoms with Gasteiger partial charge in [0.15, 0.2) is 0 Å². The van der Waals surface area contributed by atoms with Gasteiger partial charge in [-0.25, -0.2) is 0 Å². The first-order chi connectivity index (χ1) is 8.14. The van der Waals surface area contributed by atoms with Crippen LogP contribution in [-0.2, 0) is 11.0 Å². The van der Waals surface area contributed by atoms with E-state index in [2.05, 4.69) is 0 Å². The summed E-state index contributed by atoms with van der Waals surface area (Å²) in [5.74, 6) is -2.97. The Labute approximate surface area is 99.0 Å². The Morgan fingerprint density at radius 1 is 1.39 bits per heavy atom. The van der Waals surface area contributed by atoms with E-state index < -0.39 is 34.2 Å². The van der Waals surface area contributed by atoms with E-state index in [-0.39, 0.29) is 5.56 Å². The van der Waals surface area contributed by atoms with Crippen LogP contribution in [0.2, 0.25) is 0 Å². The minimum atomic E-state index is -4.73. The number of halogens is 3. The Bertz CT molecular complexity index is 498. The first-order valence-corrected chi connectivity index (χ1v) is 4.71. The number of carbonyl (C=O) groups is 1. The normalized spacial score (nSPS) is 13.1. The van der Waals surface area contributed by atoms with E-state index in [4.69, 9.17) is 0 Å². The van der Waals surface area contributed by atoms with Crippen LogP contribution < -0.4 is 5.11 Å². The summed E-state index contributed by atoms with van der Waals surface area (Å²) in [5.41, 5.74) is -2.42. The third-order valence-electron chi connectivity index (χ3n) is 2.37. The SMILES string of the molecule is CC(C(=O)[O-])c1ccc(C(F)(F)F)cc1[N+](=O)[O-]. The number of nitro groups is 1. The van der Waals surface area contributed by atoms with E-state index in [1.165, 1.54) is 0 Å². The van der Waals surface area contributed by atoms with Crippen molar-refractivity contribution >= 4 is 11.7 Å². The summed E-state index contributed by atoms with van der Waals surface area (Å²) in [7, 11) is 0. The smallest absolute Gasteiger partial charge is 0.416 e. The molecule has 0 radical (unpaired) electrons. The molecule has 0 N–H and O–H groups in total. The highest BCUT2D eigenvalue weighted by atomic mass is 19.4. The van der Waals surface area contributed by atoms with Crippen LogP contribution in [0, 0.1) is 10.1 Å². The number of hydrogen-bond donors (Lipinski definition) is 0. The summed E-state index contributed by atoms with van der Waals surface area (Å²) in [5, 5.41) is 21.3. The fourth-order valence-corrected chi connectivity index (χ4v) is 1.37. The molecule has 1 atom stereocenters. The van der Waals surface area contributed by atoms with Crippen molar-refractivity contribution in [1.29, 1.82) is 0 Å². The van der Waals surface area contributed by atoms with Crippen LogP contribution in [0.5, 0.6) is 0 Å². The van der Waals surface area contributed by atoms with Crippen LogP contribution in [0.15, 0.2) is 18.2 Å². The molecule has 1 aromatic rings. The molecule has 0 fully saturated rings. The number of carboxylic acids is 1. The third-order valence-corrected chi connectivity index (χ3v) is 2.37. The topological polar surface area (TPSA) is 83.3 Å². The maximum absolute atomic E-state index is 12.4. The predicted molar refractivity (Wildman–Crippen MR) is 51.5 cm³/mol.